The van der Waals surface area contributed by atoms with Crippen molar-refractivity contribution in [2.75, 3.05) is 0 Å². The van der Waals surface area contributed by atoms with Gasteiger partial charge < -0.3 is 4.18 Å². The van der Waals surface area contributed by atoms with E-state index >= 15 is 0 Å². The van der Waals surface area contributed by atoms with Crippen molar-refractivity contribution in [3.8, 4) is 0 Å². The third-order valence-corrected chi connectivity index (χ3v) is 12.3. The molecule has 0 atom stereocenters. The third kappa shape index (κ3) is 6.31. The lowest BCUT2D eigenvalue weighted by atomic mass is 10.00. The highest BCUT2D eigenvalue weighted by Gasteiger charge is 2.43. The Labute approximate surface area is 252 Å². The van der Waals surface area contributed by atoms with E-state index in [1.807, 2.05) is 0 Å². The fourth-order valence-electron chi connectivity index (χ4n) is 6.38. The summed E-state index contributed by atoms with van der Waals surface area (Å²) in [6.07, 6.45) is 8.39. The number of aryl methyl sites for hydroxylation is 9. The molecule has 0 spiro atoms. The zero-order valence-corrected chi connectivity index (χ0v) is 28.4. The van der Waals surface area contributed by atoms with E-state index < -0.39 is 10.3 Å². The maximum absolute atomic E-state index is 13.5. The van der Waals surface area contributed by atoms with Crippen LogP contribution in [0.3, 0.4) is 0 Å². The zero-order valence-electron chi connectivity index (χ0n) is 27.6. The molecule has 2 nitrogen and oxygen atoms in total. The van der Waals surface area contributed by atoms with Crippen LogP contribution in [0.2, 0.25) is 0 Å². The summed E-state index contributed by atoms with van der Waals surface area (Å²) < 4.78 is 7.12. The van der Waals surface area contributed by atoms with Crippen LogP contribution in [0.25, 0.3) is 0 Å². The third-order valence-electron chi connectivity index (χ3n) is 8.52. The fourth-order valence-corrected chi connectivity index (χ4v) is 11.0. The molecule has 0 N–H and O–H groups in total. The SMILES string of the molecule is CCc1cc(CC)c(S(OC(C)=O)(c2c(CC)cc(CC)cc2CC)c2c(CC)cc(CC)cc2CC)c(CC)c1. The number of hydrogen-bond acceptors (Lipinski definition) is 2. The Bertz CT molecular complexity index is 1140. The van der Waals surface area contributed by atoms with Crippen molar-refractivity contribution in [1.29, 1.82) is 0 Å². The largest absolute Gasteiger partial charge is 0.402 e. The predicted octanol–water partition coefficient (Wildman–Crippen LogP) is 10.5. The topological polar surface area (TPSA) is 26.3 Å². The van der Waals surface area contributed by atoms with Crippen LogP contribution in [0.1, 0.15) is 119 Å². The highest BCUT2D eigenvalue weighted by atomic mass is 32.3. The number of carbonyl (C=O) groups excluding carboxylic acids is 1. The zero-order chi connectivity index (χ0) is 30.3. The maximum Gasteiger partial charge on any atom is 0.313 e. The minimum atomic E-state index is -2.41. The highest BCUT2D eigenvalue weighted by Crippen LogP contribution is 2.74. The van der Waals surface area contributed by atoms with E-state index in [0.29, 0.717) is 0 Å². The molecule has 0 saturated heterocycles. The second kappa shape index (κ2) is 14.6. The molecule has 3 heteroatoms. The quantitative estimate of drug-likeness (QED) is 0.203. The Balaban J connectivity index is 2.82. The number of hydrogen-bond donors (Lipinski definition) is 0. The molecule has 0 fully saturated rings. The first-order valence-electron chi connectivity index (χ1n) is 16.2. The van der Waals surface area contributed by atoms with Gasteiger partial charge in [-0.05, 0) is 118 Å². The van der Waals surface area contributed by atoms with Gasteiger partial charge in [-0.25, -0.2) is 0 Å². The molecule has 3 rings (SSSR count). The molecule has 0 amide bonds. The van der Waals surface area contributed by atoms with Gasteiger partial charge in [0.1, 0.15) is 0 Å². The van der Waals surface area contributed by atoms with Crippen LogP contribution in [-0.4, -0.2) is 5.97 Å². The highest BCUT2D eigenvalue weighted by molar-refractivity contribution is 8.30. The lowest BCUT2D eigenvalue weighted by molar-refractivity contribution is -0.131. The van der Waals surface area contributed by atoms with E-state index in [-0.39, 0.29) is 5.97 Å². The van der Waals surface area contributed by atoms with Gasteiger partial charge >= 0.3 is 5.97 Å². The van der Waals surface area contributed by atoms with Crippen molar-refractivity contribution in [3.05, 3.63) is 86.5 Å². The lowest BCUT2D eigenvalue weighted by Gasteiger charge is -2.46. The predicted molar refractivity (Wildman–Crippen MR) is 178 cm³/mol. The normalized spacial score (nSPS) is 12.0. The molecule has 41 heavy (non-hydrogen) atoms. The minimum Gasteiger partial charge on any atom is -0.402 e. The Morgan fingerprint density at radius 2 is 0.683 bits per heavy atom. The summed E-state index contributed by atoms with van der Waals surface area (Å²) in [6, 6.07) is 14.4. The van der Waals surface area contributed by atoms with Gasteiger partial charge in [0.2, 0.25) is 0 Å². The van der Waals surface area contributed by atoms with E-state index in [9.17, 15) is 4.79 Å². The van der Waals surface area contributed by atoms with Crippen molar-refractivity contribution < 1.29 is 8.98 Å². The van der Waals surface area contributed by atoms with Gasteiger partial charge in [-0.15, -0.1) is 0 Å². The van der Waals surface area contributed by atoms with Crippen LogP contribution in [0.5, 0.6) is 0 Å². The summed E-state index contributed by atoms with van der Waals surface area (Å²) in [5.74, 6) is -0.198. The van der Waals surface area contributed by atoms with E-state index in [1.54, 1.807) is 6.92 Å². The molecule has 0 heterocycles. The fraction of sp³-hybridized carbons (Fsp3) is 0.500. The Morgan fingerprint density at radius 1 is 0.463 bits per heavy atom. The first-order chi connectivity index (χ1) is 19.7. The van der Waals surface area contributed by atoms with Crippen molar-refractivity contribution in [3.63, 3.8) is 0 Å². The molecule has 0 aromatic heterocycles. The van der Waals surface area contributed by atoms with E-state index in [4.69, 9.17) is 4.18 Å². The van der Waals surface area contributed by atoms with Gasteiger partial charge in [0.05, 0.1) is 0 Å². The van der Waals surface area contributed by atoms with Crippen molar-refractivity contribution >= 4 is 16.3 Å². The van der Waals surface area contributed by atoms with Crippen LogP contribution in [0.15, 0.2) is 51.1 Å². The number of benzene rings is 3. The van der Waals surface area contributed by atoms with Crippen LogP contribution in [0, 0.1) is 0 Å². The van der Waals surface area contributed by atoms with Crippen molar-refractivity contribution in [1.82, 2.24) is 0 Å². The van der Waals surface area contributed by atoms with E-state index in [2.05, 4.69) is 98.7 Å². The molecule has 3 aromatic rings. The standard InChI is InChI=1S/C38H54O2S/c1-11-27-20-30(14-4)36(31(15-5)21-27)41(40-26(10)39,37-32(16-6)22-28(12-2)23-33(37)17-7)38-34(18-8)24-29(13-3)25-35(38)19-9/h20-25H,11-19H2,1-10H3. The summed E-state index contributed by atoms with van der Waals surface area (Å²) in [5.41, 5.74) is 12.0. The molecule has 0 saturated carbocycles. The van der Waals surface area contributed by atoms with Crippen LogP contribution in [-0.2, 0) is 66.8 Å². The molecule has 3 aromatic carbocycles. The summed E-state index contributed by atoms with van der Waals surface area (Å²) in [5, 5.41) is 0. The summed E-state index contributed by atoms with van der Waals surface area (Å²) in [6.45, 7) is 21.9. The smallest absolute Gasteiger partial charge is 0.313 e. The van der Waals surface area contributed by atoms with Crippen LogP contribution >= 0.6 is 10.3 Å². The van der Waals surface area contributed by atoms with Crippen LogP contribution < -0.4 is 0 Å². The molecule has 224 valence electrons. The number of rotatable bonds is 13. The second-order valence-electron chi connectivity index (χ2n) is 11.0. The summed E-state index contributed by atoms with van der Waals surface area (Å²) in [4.78, 5) is 17.4. The van der Waals surface area contributed by atoms with E-state index in [1.165, 1.54) is 64.8 Å². The first-order valence-corrected chi connectivity index (χ1v) is 17.8. The molecular formula is C38H54O2S. The van der Waals surface area contributed by atoms with Crippen molar-refractivity contribution in [2.45, 2.75) is 142 Å². The molecule has 0 radical (unpaired) electrons. The van der Waals surface area contributed by atoms with Gasteiger partial charge in [-0.2, -0.15) is 0 Å². The Morgan fingerprint density at radius 3 is 0.829 bits per heavy atom. The van der Waals surface area contributed by atoms with E-state index in [0.717, 1.165) is 57.8 Å². The molecule has 0 bridgehead atoms. The summed E-state index contributed by atoms with van der Waals surface area (Å²) in [7, 11) is -2.41. The minimum absolute atomic E-state index is 0.198. The lowest BCUT2D eigenvalue weighted by Crippen LogP contribution is -2.21. The van der Waals surface area contributed by atoms with Gasteiger partial charge in [0.25, 0.3) is 0 Å². The van der Waals surface area contributed by atoms with Crippen molar-refractivity contribution in [2.24, 2.45) is 0 Å². The molecule has 0 unspecified atom stereocenters. The van der Waals surface area contributed by atoms with Gasteiger partial charge in [-0.1, -0.05) is 98.7 Å². The molecular weight excluding hydrogens is 520 g/mol. The Kier molecular flexibility index (Phi) is 11.7. The average molecular weight is 575 g/mol. The average Bonchev–Trinajstić information content (AvgIpc) is 3.01. The number of carbonyl (C=O) groups is 1. The molecule has 0 aliphatic rings. The summed E-state index contributed by atoms with van der Waals surface area (Å²) >= 11 is 0. The molecule has 0 aliphatic heterocycles. The van der Waals surface area contributed by atoms with Gasteiger partial charge in [0.15, 0.2) is 0 Å². The van der Waals surface area contributed by atoms with Gasteiger partial charge in [-0.3, -0.25) is 4.79 Å². The maximum atomic E-state index is 13.5. The van der Waals surface area contributed by atoms with Gasteiger partial charge in [0, 0.05) is 21.6 Å². The monoisotopic (exact) mass is 574 g/mol. The van der Waals surface area contributed by atoms with Crippen LogP contribution in [0.4, 0.5) is 0 Å². The Hall–Kier alpha value is -2.52. The first kappa shape index (κ1) is 33.0. The second-order valence-corrected chi connectivity index (χ2v) is 13.5. The molecule has 0 aliphatic carbocycles.